The minimum atomic E-state index is -1.35. The third-order valence-electron chi connectivity index (χ3n) is 0.428. The highest BCUT2D eigenvalue weighted by Gasteiger charge is 2.04. The predicted octanol–water partition coefficient (Wildman–Crippen LogP) is 1.37. The average Bonchev–Trinajstić information content (AvgIpc) is 1.63. The van der Waals surface area contributed by atoms with Gasteiger partial charge in [-0.3, -0.25) is 9.59 Å². The van der Waals surface area contributed by atoms with Gasteiger partial charge in [-0.25, -0.2) is 4.39 Å². The predicted molar refractivity (Wildman–Crippen MR) is 30.9 cm³/mol. The van der Waals surface area contributed by atoms with Crippen LogP contribution in [-0.2, 0) is 9.59 Å². The van der Waals surface area contributed by atoms with Gasteiger partial charge in [0, 0.05) is 6.08 Å². The van der Waals surface area contributed by atoms with Crippen LogP contribution in [0.1, 0.15) is 0 Å². The van der Waals surface area contributed by atoms with Crippen molar-refractivity contribution in [3.8, 4) is 0 Å². The largest absolute Gasteiger partial charge is 0.281 e. The maximum Gasteiger partial charge on any atom is 0.281 e. The van der Waals surface area contributed by atoms with E-state index in [9.17, 15) is 14.0 Å². The van der Waals surface area contributed by atoms with E-state index in [-0.39, 0.29) is 0 Å². The van der Waals surface area contributed by atoms with E-state index < -0.39 is 16.3 Å². The maximum absolute atomic E-state index is 11.9. The SMILES string of the molecule is O=C(Cl)/C=C(/F)C(=O)Cl. The highest BCUT2D eigenvalue weighted by molar-refractivity contribution is 6.70. The third-order valence-corrected chi connectivity index (χ3v) is 0.718. The van der Waals surface area contributed by atoms with Crippen LogP contribution in [0.2, 0.25) is 0 Å². The van der Waals surface area contributed by atoms with Gasteiger partial charge in [0.25, 0.3) is 5.24 Å². The molecule has 0 saturated heterocycles. The summed E-state index contributed by atoms with van der Waals surface area (Å²) in [6, 6.07) is 0. The first-order valence-electron chi connectivity index (χ1n) is 1.80. The number of allylic oxidation sites excluding steroid dienone is 2. The van der Waals surface area contributed by atoms with E-state index >= 15 is 0 Å². The number of carbonyl (C=O) groups excluding carboxylic acids is 2. The summed E-state index contributed by atoms with van der Waals surface area (Å²) in [5.41, 5.74) is 0. The summed E-state index contributed by atoms with van der Waals surface area (Å²) in [5.74, 6) is -1.35. The zero-order chi connectivity index (χ0) is 7.44. The van der Waals surface area contributed by atoms with Gasteiger partial charge in [0.2, 0.25) is 5.24 Å². The summed E-state index contributed by atoms with van der Waals surface area (Å²) in [7, 11) is 0. The molecule has 0 bridgehead atoms. The summed E-state index contributed by atoms with van der Waals surface area (Å²) < 4.78 is 11.9. The highest BCUT2D eigenvalue weighted by atomic mass is 35.5. The quantitative estimate of drug-likeness (QED) is 0.464. The number of hydrogen-bond donors (Lipinski definition) is 0. The van der Waals surface area contributed by atoms with Gasteiger partial charge >= 0.3 is 0 Å². The Bertz CT molecular complexity index is 175. The van der Waals surface area contributed by atoms with E-state index in [1.54, 1.807) is 0 Å². The van der Waals surface area contributed by atoms with Gasteiger partial charge < -0.3 is 0 Å². The fraction of sp³-hybridized carbons (Fsp3) is 0. The number of halogens is 3. The Morgan fingerprint density at radius 1 is 1.33 bits per heavy atom. The van der Waals surface area contributed by atoms with Crippen molar-refractivity contribution in [2.75, 3.05) is 0 Å². The molecule has 0 aromatic rings. The minimum Gasteiger partial charge on any atom is -0.276 e. The first kappa shape index (κ1) is 8.59. The molecule has 0 spiro atoms. The molecule has 0 N–H and O–H groups in total. The van der Waals surface area contributed by atoms with Crippen molar-refractivity contribution < 1.29 is 14.0 Å². The molecule has 0 radical (unpaired) electrons. The Balaban J connectivity index is 4.17. The van der Waals surface area contributed by atoms with Crippen LogP contribution in [0.4, 0.5) is 4.39 Å². The Morgan fingerprint density at radius 2 is 1.78 bits per heavy atom. The van der Waals surface area contributed by atoms with Crippen molar-refractivity contribution in [1.82, 2.24) is 0 Å². The number of hydrogen-bond acceptors (Lipinski definition) is 2. The molecule has 0 fully saturated rings. The molecule has 0 aromatic heterocycles. The molecular weight excluding hydrogens is 170 g/mol. The van der Waals surface area contributed by atoms with Gasteiger partial charge in [-0.1, -0.05) is 0 Å². The lowest BCUT2D eigenvalue weighted by atomic mass is 10.5. The van der Waals surface area contributed by atoms with Crippen molar-refractivity contribution in [2.24, 2.45) is 0 Å². The second kappa shape index (κ2) is 3.58. The monoisotopic (exact) mass is 170 g/mol. The van der Waals surface area contributed by atoms with Gasteiger partial charge in [0.15, 0.2) is 5.83 Å². The van der Waals surface area contributed by atoms with Crippen molar-refractivity contribution in [1.29, 1.82) is 0 Å². The molecule has 0 aliphatic rings. The molecule has 5 heteroatoms. The van der Waals surface area contributed by atoms with Gasteiger partial charge in [0.1, 0.15) is 0 Å². The summed E-state index contributed by atoms with van der Waals surface area (Å²) in [6.45, 7) is 0. The van der Waals surface area contributed by atoms with E-state index in [0.29, 0.717) is 6.08 Å². The van der Waals surface area contributed by atoms with E-state index in [4.69, 9.17) is 0 Å². The Morgan fingerprint density at radius 3 is 1.89 bits per heavy atom. The van der Waals surface area contributed by atoms with Gasteiger partial charge in [0.05, 0.1) is 0 Å². The standard InChI is InChI=1S/C4HCl2FO2/c5-3(8)1-2(7)4(6)9/h1H/b2-1+. The molecule has 0 amide bonds. The summed E-state index contributed by atoms with van der Waals surface area (Å²) in [6.07, 6.45) is 0.302. The van der Waals surface area contributed by atoms with Crippen LogP contribution in [0.5, 0.6) is 0 Å². The average molecular weight is 171 g/mol. The number of rotatable bonds is 2. The molecule has 9 heavy (non-hydrogen) atoms. The van der Waals surface area contributed by atoms with E-state index in [0.717, 1.165) is 0 Å². The van der Waals surface area contributed by atoms with Crippen LogP contribution >= 0.6 is 23.2 Å². The lowest BCUT2D eigenvalue weighted by Crippen LogP contribution is -1.88. The summed E-state index contributed by atoms with van der Waals surface area (Å²) in [4.78, 5) is 19.6. The topological polar surface area (TPSA) is 34.1 Å². The zero-order valence-corrected chi connectivity index (χ0v) is 5.54. The molecule has 0 aliphatic carbocycles. The van der Waals surface area contributed by atoms with Crippen molar-refractivity contribution in [3.05, 3.63) is 11.9 Å². The molecule has 0 heterocycles. The first-order valence-corrected chi connectivity index (χ1v) is 2.56. The lowest BCUT2D eigenvalue weighted by Gasteiger charge is -1.80. The number of carbonyl (C=O) groups is 2. The van der Waals surface area contributed by atoms with Gasteiger partial charge in [-0.2, -0.15) is 0 Å². The third kappa shape index (κ3) is 4.12. The Labute approximate surface area is 60.2 Å². The van der Waals surface area contributed by atoms with E-state index in [1.807, 2.05) is 0 Å². The van der Waals surface area contributed by atoms with Crippen LogP contribution < -0.4 is 0 Å². The normalized spacial score (nSPS) is 11.2. The highest BCUT2D eigenvalue weighted by Crippen LogP contribution is 2.02. The second-order valence-electron chi connectivity index (χ2n) is 1.07. The second-order valence-corrected chi connectivity index (χ2v) is 1.79. The summed E-state index contributed by atoms with van der Waals surface area (Å²) >= 11 is 9.23. The smallest absolute Gasteiger partial charge is 0.276 e. The molecule has 0 unspecified atom stereocenters. The minimum absolute atomic E-state index is 0.302. The van der Waals surface area contributed by atoms with Crippen molar-refractivity contribution in [2.45, 2.75) is 0 Å². The van der Waals surface area contributed by atoms with Crippen molar-refractivity contribution in [3.63, 3.8) is 0 Å². The molecule has 0 atom stereocenters. The molecule has 0 saturated carbocycles. The van der Waals surface area contributed by atoms with E-state index in [2.05, 4.69) is 23.2 Å². The maximum atomic E-state index is 11.9. The van der Waals surface area contributed by atoms with Crippen molar-refractivity contribution >= 4 is 33.7 Å². The molecule has 0 rings (SSSR count). The first-order chi connectivity index (χ1) is 4.04. The van der Waals surface area contributed by atoms with Crippen LogP contribution in [-0.4, -0.2) is 10.5 Å². The summed E-state index contributed by atoms with van der Waals surface area (Å²) in [5, 5.41) is -2.40. The van der Waals surface area contributed by atoms with Crippen LogP contribution in [0, 0.1) is 0 Å². The van der Waals surface area contributed by atoms with Crippen LogP contribution in [0.3, 0.4) is 0 Å². The molecule has 2 nitrogen and oxygen atoms in total. The van der Waals surface area contributed by atoms with Gasteiger partial charge in [-0.05, 0) is 23.2 Å². The Kier molecular flexibility index (Phi) is 3.42. The zero-order valence-electron chi connectivity index (χ0n) is 4.03. The van der Waals surface area contributed by atoms with E-state index in [1.165, 1.54) is 0 Å². The fourth-order valence-electron chi connectivity index (χ4n) is 0.156. The fourth-order valence-corrected chi connectivity index (χ4v) is 0.307. The van der Waals surface area contributed by atoms with Gasteiger partial charge in [-0.15, -0.1) is 0 Å². The van der Waals surface area contributed by atoms with Crippen LogP contribution in [0.25, 0.3) is 0 Å². The molecule has 0 aliphatic heterocycles. The molecular formula is C4HCl2FO2. The Hall–Kier alpha value is -0.410. The molecule has 50 valence electrons. The van der Waals surface area contributed by atoms with Crippen LogP contribution in [0.15, 0.2) is 11.9 Å². The molecule has 0 aromatic carbocycles. The lowest BCUT2D eigenvalue weighted by molar-refractivity contribution is -0.111.